The molecule has 0 aromatic heterocycles. The van der Waals surface area contributed by atoms with E-state index in [-0.39, 0.29) is 11.9 Å². The average molecular weight is 709 g/mol. The van der Waals surface area contributed by atoms with Crippen LogP contribution in [0.25, 0.3) is 0 Å². The van der Waals surface area contributed by atoms with Crippen molar-refractivity contribution in [3.05, 3.63) is 0 Å². The Hall–Kier alpha value is -1.14. The van der Waals surface area contributed by atoms with E-state index in [4.69, 9.17) is 9.47 Å². The van der Waals surface area contributed by atoms with Crippen LogP contribution in [0.15, 0.2) is 0 Å². The summed E-state index contributed by atoms with van der Waals surface area (Å²) < 4.78 is 11.2. The Morgan fingerprint density at radius 3 is 1.26 bits per heavy atom. The highest BCUT2D eigenvalue weighted by molar-refractivity contribution is 5.69. The van der Waals surface area contributed by atoms with Crippen molar-refractivity contribution in [2.45, 2.75) is 214 Å². The Morgan fingerprint density at radius 1 is 0.460 bits per heavy atom. The summed E-state index contributed by atoms with van der Waals surface area (Å²) in [6, 6.07) is 0. The lowest BCUT2D eigenvalue weighted by Gasteiger charge is -2.22. The number of nitrogens with one attached hydrogen (secondary N) is 1. The molecule has 6 nitrogen and oxygen atoms in total. The highest BCUT2D eigenvalue weighted by Crippen LogP contribution is 2.22. The number of hydrogen-bond donors (Lipinski definition) is 1. The van der Waals surface area contributed by atoms with Gasteiger partial charge in [0.1, 0.15) is 0 Å². The summed E-state index contributed by atoms with van der Waals surface area (Å²) in [7, 11) is 2.04. The minimum absolute atomic E-state index is 0.0000560. The van der Waals surface area contributed by atoms with Crippen LogP contribution in [0.5, 0.6) is 0 Å². The summed E-state index contributed by atoms with van der Waals surface area (Å²) in [5.41, 5.74) is 0. The van der Waals surface area contributed by atoms with E-state index in [0.717, 1.165) is 63.5 Å². The molecule has 6 heteroatoms. The lowest BCUT2D eigenvalue weighted by atomic mass is 9.92. The molecule has 0 aliphatic heterocycles. The first kappa shape index (κ1) is 48.9. The van der Waals surface area contributed by atoms with E-state index in [1.807, 2.05) is 7.05 Å². The molecule has 1 N–H and O–H groups in total. The van der Waals surface area contributed by atoms with Gasteiger partial charge in [0.15, 0.2) is 0 Å². The van der Waals surface area contributed by atoms with Crippen LogP contribution in [0.3, 0.4) is 0 Å². The monoisotopic (exact) mass is 709 g/mol. The van der Waals surface area contributed by atoms with E-state index < -0.39 is 0 Å². The molecule has 0 rings (SSSR count). The summed E-state index contributed by atoms with van der Waals surface area (Å²) in [5.74, 6) is 1.44. The Bertz CT molecular complexity index is 700. The molecule has 0 unspecified atom stereocenters. The molecule has 0 atom stereocenters. The van der Waals surface area contributed by atoms with Gasteiger partial charge in [-0.1, -0.05) is 156 Å². The van der Waals surface area contributed by atoms with E-state index in [0.29, 0.717) is 26.1 Å². The van der Waals surface area contributed by atoms with Gasteiger partial charge in [0.2, 0.25) is 0 Å². The van der Waals surface area contributed by atoms with Gasteiger partial charge in [0.05, 0.1) is 13.2 Å². The largest absolute Gasteiger partial charge is 0.466 e. The third-order valence-corrected chi connectivity index (χ3v) is 10.6. The summed E-state index contributed by atoms with van der Waals surface area (Å²) in [5, 5.41) is 3.29. The molecule has 0 saturated carbocycles. The zero-order chi connectivity index (χ0) is 36.8. The smallest absolute Gasteiger partial charge is 0.305 e. The molecule has 0 heterocycles. The molecular formula is C44H88N2O4. The SMILES string of the molecule is CCCCCC(CCCCC)CCOC(=O)CCCCCCCN(CCCCCCCC(=O)OCCC(CCCC)CCCC)CCCNC. The summed E-state index contributed by atoms with van der Waals surface area (Å²) in [4.78, 5) is 27.2. The van der Waals surface area contributed by atoms with Gasteiger partial charge in [-0.3, -0.25) is 9.59 Å². The second-order valence-electron chi connectivity index (χ2n) is 15.4. The third-order valence-electron chi connectivity index (χ3n) is 10.6. The normalized spacial score (nSPS) is 11.7. The molecule has 298 valence electrons. The first-order chi connectivity index (χ1) is 24.5. The molecule has 0 radical (unpaired) electrons. The molecule has 0 bridgehead atoms. The van der Waals surface area contributed by atoms with Crippen molar-refractivity contribution in [2.75, 3.05) is 46.4 Å². The zero-order valence-corrected chi connectivity index (χ0v) is 34.5. The highest BCUT2D eigenvalue weighted by Gasteiger charge is 2.12. The Morgan fingerprint density at radius 2 is 0.840 bits per heavy atom. The van der Waals surface area contributed by atoms with Crippen LogP contribution >= 0.6 is 0 Å². The highest BCUT2D eigenvalue weighted by atomic mass is 16.5. The fraction of sp³-hybridized carbons (Fsp3) is 0.955. The lowest BCUT2D eigenvalue weighted by Crippen LogP contribution is -2.29. The van der Waals surface area contributed by atoms with Gasteiger partial charge >= 0.3 is 11.9 Å². The van der Waals surface area contributed by atoms with Gasteiger partial charge < -0.3 is 19.7 Å². The second kappa shape index (κ2) is 39.1. The number of esters is 2. The number of carbonyl (C=O) groups is 2. The minimum Gasteiger partial charge on any atom is -0.466 e. The van der Waals surface area contributed by atoms with Crippen molar-refractivity contribution in [1.29, 1.82) is 0 Å². The molecule has 50 heavy (non-hydrogen) atoms. The molecule has 0 aliphatic carbocycles. The number of unbranched alkanes of at least 4 members (excludes halogenated alkanes) is 14. The van der Waals surface area contributed by atoms with E-state index in [1.165, 1.54) is 148 Å². The van der Waals surface area contributed by atoms with Gasteiger partial charge in [-0.05, 0) is 90.0 Å². The fourth-order valence-corrected chi connectivity index (χ4v) is 7.13. The van der Waals surface area contributed by atoms with Crippen molar-refractivity contribution in [1.82, 2.24) is 10.2 Å². The predicted molar refractivity (Wildman–Crippen MR) is 216 cm³/mol. The number of ether oxygens (including phenoxy) is 2. The maximum atomic E-state index is 12.3. The molecule has 0 amide bonds. The Kier molecular flexibility index (Phi) is 38.2. The molecule has 0 saturated heterocycles. The number of nitrogens with zero attached hydrogens (tertiary/aromatic N) is 1. The maximum absolute atomic E-state index is 12.3. The Labute approximate surface area is 312 Å². The second-order valence-corrected chi connectivity index (χ2v) is 15.4. The predicted octanol–water partition coefficient (Wildman–Crippen LogP) is 12.2. The van der Waals surface area contributed by atoms with Crippen LogP contribution < -0.4 is 5.32 Å². The average Bonchev–Trinajstić information content (AvgIpc) is 3.11. The van der Waals surface area contributed by atoms with Crippen LogP contribution in [-0.2, 0) is 19.1 Å². The van der Waals surface area contributed by atoms with Gasteiger partial charge in [-0.2, -0.15) is 0 Å². The molecular weight excluding hydrogens is 620 g/mol. The van der Waals surface area contributed by atoms with Crippen molar-refractivity contribution in [2.24, 2.45) is 11.8 Å². The molecule has 0 aromatic rings. The van der Waals surface area contributed by atoms with Crippen LogP contribution in [0, 0.1) is 11.8 Å². The van der Waals surface area contributed by atoms with Crippen molar-refractivity contribution < 1.29 is 19.1 Å². The molecule has 0 spiro atoms. The minimum atomic E-state index is 0.0000560. The molecule has 0 fully saturated rings. The topological polar surface area (TPSA) is 67.9 Å². The van der Waals surface area contributed by atoms with Crippen LogP contribution in [-0.4, -0.2) is 63.3 Å². The summed E-state index contributed by atoms with van der Waals surface area (Å²) >= 11 is 0. The van der Waals surface area contributed by atoms with Crippen LogP contribution in [0.1, 0.15) is 214 Å². The standard InChI is InChI=1S/C44H88N2O4/c1-6-10-20-29-42(30-21-11-7-2)34-40-50-44(48)32-23-17-15-19-25-37-46(38-26-35-45-5)36-24-18-14-16-22-31-43(47)49-39-33-41(27-12-8-3)28-13-9-4/h41-42,45H,6-40H2,1-5H3. The van der Waals surface area contributed by atoms with E-state index in [9.17, 15) is 9.59 Å². The van der Waals surface area contributed by atoms with Gasteiger partial charge in [0.25, 0.3) is 0 Å². The van der Waals surface area contributed by atoms with Crippen molar-refractivity contribution in [3.8, 4) is 0 Å². The zero-order valence-electron chi connectivity index (χ0n) is 34.5. The van der Waals surface area contributed by atoms with Crippen molar-refractivity contribution in [3.63, 3.8) is 0 Å². The van der Waals surface area contributed by atoms with Gasteiger partial charge in [-0.15, -0.1) is 0 Å². The van der Waals surface area contributed by atoms with E-state index >= 15 is 0 Å². The quantitative estimate of drug-likeness (QED) is 0.0505. The van der Waals surface area contributed by atoms with Crippen LogP contribution in [0.2, 0.25) is 0 Å². The van der Waals surface area contributed by atoms with E-state index in [2.05, 4.69) is 37.9 Å². The number of hydrogen-bond acceptors (Lipinski definition) is 6. The molecule has 0 aromatic carbocycles. The number of rotatable bonds is 40. The fourth-order valence-electron chi connectivity index (χ4n) is 7.13. The van der Waals surface area contributed by atoms with Crippen molar-refractivity contribution >= 4 is 11.9 Å². The first-order valence-corrected chi connectivity index (χ1v) is 22.2. The van der Waals surface area contributed by atoms with E-state index in [1.54, 1.807) is 0 Å². The lowest BCUT2D eigenvalue weighted by molar-refractivity contribution is -0.145. The first-order valence-electron chi connectivity index (χ1n) is 22.2. The number of carbonyl (C=O) groups excluding carboxylic acids is 2. The summed E-state index contributed by atoms with van der Waals surface area (Å²) in [6.07, 6.45) is 33.9. The summed E-state index contributed by atoms with van der Waals surface area (Å²) in [6.45, 7) is 14.8. The van der Waals surface area contributed by atoms with Crippen LogP contribution in [0.4, 0.5) is 0 Å². The maximum Gasteiger partial charge on any atom is 0.305 e. The molecule has 0 aliphatic rings. The van der Waals surface area contributed by atoms with Gasteiger partial charge in [0, 0.05) is 12.8 Å². The third kappa shape index (κ3) is 34.0. The van der Waals surface area contributed by atoms with Gasteiger partial charge in [-0.25, -0.2) is 0 Å². The Balaban J connectivity index is 4.02.